The molecule has 0 saturated heterocycles. The van der Waals surface area contributed by atoms with Crippen molar-refractivity contribution in [1.29, 1.82) is 0 Å². The first-order valence-electron chi connectivity index (χ1n) is 5.39. The number of nitrogens with two attached hydrogens (primary N) is 1. The number of hydrogen-bond donors (Lipinski definition) is 1. The molecule has 0 spiro atoms. The molecule has 17 heavy (non-hydrogen) atoms. The maximum atomic E-state index is 13.6. The molecule has 0 heterocycles. The Labute approximate surface area is 98.9 Å². The van der Waals surface area contributed by atoms with Crippen molar-refractivity contribution < 1.29 is 8.78 Å². The molecule has 0 aromatic heterocycles. The van der Waals surface area contributed by atoms with Crippen LogP contribution >= 0.6 is 0 Å². The Morgan fingerprint density at radius 3 is 2.18 bits per heavy atom. The van der Waals surface area contributed by atoms with Crippen LogP contribution in [0.25, 0.3) is 11.1 Å². The van der Waals surface area contributed by atoms with Gasteiger partial charge < -0.3 is 5.73 Å². The smallest absolute Gasteiger partial charge is 0.133 e. The Bertz CT molecular complexity index is 515. The molecule has 0 aliphatic heterocycles. The fourth-order valence-electron chi connectivity index (χ4n) is 1.75. The summed E-state index contributed by atoms with van der Waals surface area (Å²) >= 11 is 0. The molecule has 2 aromatic rings. The third kappa shape index (κ3) is 2.34. The van der Waals surface area contributed by atoms with Crippen molar-refractivity contribution in [3.63, 3.8) is 0 Å². The van der Waals surface area contributed by atoms with Crippen molar-refractivity contribution in [2.24, 2.45) is 5.73 Å². The summed E-state index contributed by atoms with van der Waals surface area (Å²) in [5.74, 6) is -1.13. The summed E-state index contributed by atoms with van der Waals surface area (Å²) in [6.07, 6.45) is 0. The van der Waals surface area contributed by atoms with Gasteiger partial charge in [0.1, 0.15) is 11.6 Å². The van der Waals surface area contributed by atoms with E-state index in [4.69, 9.17) is 5.73 Å². The van der Waals surface area contributed by atoms with E-state index in [0.717, 1.165) is 5.56 Å². The molecule has 0 saturated carbocycles. The van der Waals surface area contributed by atoms with Crippen LogP contribution in [0.15, 0.2) is 42.5 Å². The topological polar surface area (TPSA) is 26.0 Å². The first-order valence-corrected chi connectivity index (χ1v) is 5.39. The minimum Gasteiger partial charge on any atom is -0.324 e. The Balaban J connectivity index is 2.57. The van der Waals surface area contributed by atoms with Crippen LogP contribution in [0.4, 0.5) is 8.78 Å². The molecule has 0 aliphatic carbocycles. The SMILES string of the molecule is CC(N)c1cccc(-c2c(F)cccc2F)c1. The van der Waals surface area contributed by atoms with Gasteiger partial charge in [0.05, 0.1) is 5.56 Å². The second kappa shape index (κ2) is 4.63. The average molecular weight is 233 g/mol. The standard InChI is InChI=1S/C14H13F2N/c1-9(17)10-4-2-5-11(8-10)14-12(15)6-3-7-13(14)16/h2-9H,17H2,1H3. The van der Waals surface area contributed by atoms with Gasteiger partial charge in [-0.1, -0.05) is 24.3 Å². The van der Waals surface area contributed by atoms with E-state index >= 15 is 0 Å². The van der Waals surface area contributed by atoms with Gasteiger partial charge >= 0.3 is 0 Å². The van der Waals surface area contributed by atoms with Crippen LogP contribution in [0.1, 0.15) is 18.5 Å². The van der Waals surface area contributed by atoms with Crippen molar-refractivity contribution in [3.8, 4) is 11.1 Å². The molecule has 0 bridgehead atoms. The second-order valence-electron chi connectivity index (χ2n) is 4.01. The predicted octanol–water partition coefficient (Wildman–Crippen LogP) is 3.65. The van der Waals surface area contributed by atoms with E-state index < -0.39 is 11.6 Å². The van der Waals surface area contributed by atoms with E-state index in [2.05, 4.69) is 0 Å². The summed E-state index contributed by atoms with van der Waals surface area (Å²) in [5, 5.41) is 0. The van der Waals surface area contributed by atoms with E-state index in [0.29, 0.717) is 5.56 Å². The number of halogens is 2. The van der Waals surface area contributed by atoms with Gasteiger partial charge in [0.2, 0.25) is 0 Å². The molecular formula is C14H13F2N. The summed E-state index contributed by atoms with van der Waals surface area (Å²) in [7, 11) is 0. The van der Waals surface area contributed by atoms with Gasteiger partial charge in [-0.15, -0.1) is 0 Å². The van der Waals surface area contributed by atoms with Crippen LogP contribution in [0, 0.1) is 11.6 Å². The fraction of sp³-hybridized carbons (Fsp3) is 0.143. The molecule has 88 valence electrons. The summed E-state index contributed by atoms with van der Waals surface area (Å²) in [5.41, 5.74) is 7.11. The van der Waals surface area contributed by atoms with E-state index in [1.807, 2.05) is 13.0 Å². The fourth-order valence-corrected chi connectivity index (χ4v) is 1.75. The van der Waals surface area contributed by atoms with Gasteiger partial charge in [0.15, 0.2) is 0 Å². The van der Waals surface area contributed by atoms with Crippen molar-refractivity contribution in [2.45, 2.75) is 13.0 Å². The predicted molar refractivity (Wildman–Crippen MR) is 64.4 cm³/mol. The number of rotatable bonds is 2. The van der Waals surface area contributed by atoms with Crippen molar-refractivity contribution in [3.05, 3.63) is 59.7 Å². The summed E-state index contributed by atoms with van der Waals surface area (Å²) in [4.78, 5) is 0. The van der Waals surface area contributed by atoms with Crippen LogP contribution in [0.2, 0.25) is 0 Å². The summed E-state index contributed by atoms with van der Waals surface area (Å²) < 4.78 is 27.2. The lowest BCUT2D eigenvalue weighted by Gasteiger charge is -2.09. The van der Waals surface area contributed by atoms with E-state index in [1.165, 1.54) is 18.2 Å². The molecule has 3 heteroatoms. The number of hydrogen-bond acceptors (Lipinski definition) is 1. The van der Waals surface area contributed by atoms with Crippen molar-refractivity contribution in [1.82, 2.24) is 0 Å². The molecule has 1 nitrogen and oxygen atoms in total. The minimum atomic E-state index is -0.563. The van der Waals surface area contributed by atoms with Gasteiger partial charge in [-0.3, -0.25) is 0 Å². The Hall–Kier alpha value is -1.74. The number of benzene rings is 2. The highest BCUT2D eigenvalue weighted by Crippen LogP contribution is 2.27. The zero-order valence-electron chi connectivity index (χ0n) is 9.45. The van der Waals surface area contributed by atoms with Gasteiger partial charge in [0, 0.05) is 6.04 Å². The van der Waals surface area contributed by atoms with E-state index in [1.54, 1.807) is 18.2 Å². The molecule has 0 radical (unpaired) electrons. The molecular weight excluding hydrogens is 220 g/mol. The molecule has 0 fully saturated rings. The Morgan fingerprint density at radius 2 is 1.59 bits per heavy atom. The van der Waals surface area contributed by atoms with Gasteiger partial charge in [-0.05, 0) is 36.2 Å². The molecule has 2 rings (SSSR count). The van der Waals surface area contributed by atoms with Gasteiger partial charge in [-0.25, -0.2) is 8.78 Å². The molecule has 0 amide bonds. The lowest BCUT2D eigenvalue weighted by molar-refractivity contribution is 0.589. The highest BCUT2D eigenvalue weighted by atomic mass is 19.1. The van der Waals surface area contributed by atoms with Gasteiger partial charge in [-0.2, -0.15) is 0 Å². The van der Waals surface area contributed by atoms with Crippen LogP contribution in [-0.2, 0) is 0 Å². The van der Waals surface area contributed by atoms with Crippen molar-refractivity contribution in [2.75, 3.05) is 0 Å². The normalized spacial score (nSPS) is 12.5. The lowest BCUT2D eigenvalue weighted by Crippen LogP contribution is -2.04. The first kappa shape index (κ1) is 11.7. The lowest BCUT2D eigenvalue weighted by atomic mass is 10.00. The summed E-state index contributed by atoms with van der Waals surface area (Å²) in [6.45, 7) is 1.83. The summed E-state index contributed by atoms with van der Waals surface area (Å²) in [6, 6.07) is 10.7. The largest absolute Gasteiger partial charge is 0.324 e. The molecule has 2 N–H and O–H groups in total. The second-order valence-corrected chi connectivity index (χ2v) is 4.01. The third-order valence-electron chi connectivity index (χ3n) is 2.66. The maximum Gasteiger partial charge on any atom is 0.133 e. The molecule has 1 atom stereocenters. The van der Waals surface area contributed by atoms with Crippen molar-refractivity contribution >= 4 is 0 Å². The zero-order chi connectivity index (χ0) is 12.4. The first-order chi connectivity index (χ1) is 8.09. The highest BCUT2D eigenvalue weighted by Gasteiger charge is 2.11. The van der Waals surface area contributed by atoms with Crippen LogP contribution in [-0.4, -0.2) is 0 Å². The molecule has 1 unspecified atom stereocenters. The Morgan fingerprint density at radius 1 is 1.00 bits per heavy atom. The van der Waals surface area contributed by atoms with Gasteiger partial charge in [0.25, 0.3) is 0 Å². The maximum absolute atomic E-state index is 13.6. The minimum absolute atomic E-state index is 0.00463. The van der Waals surface area contributed by atoms with Crippen LogP contribution in [0.5, 0.6) is 0 Å². The van der Waals surface area contributed by atoms with Crippen LogP contribution < -0.4 is 5.73 Å². The molecule has 2 aromatic carbocycles. The van der Waals surface area contributed by atoms with E-state index in [9.17, 15) is 8.78 Å². The van der Waals surface area contributed by atoms with Crippen LogP contribution in [0.3, 0.4) is 0 Å². The molecule has 0 aliphatic rings. The average Bonchev–Trinajstić information content (AvgIpc) is 2.29. The quantitative estimate of drug-likeness (QED) is 0.841. The monoisotopic (exact) mass is 233 g/mol. The zero-order valence-corrected chi connectivity index (χ0v) is 9.45. The third-order valence-corrected chi connectivity index (χ3v) is 2.66. The Kier molecular flexibility index (Phi) is 3.20. The highest BCUT2D eigenvalue weighted by molar-refractivity contribution is 5.65. The van der Waals surface area contributed by atoms with E-state index in [-0.39, 0.29) is 11.6 Å².